The van der Waals surface area contributed by atoms with E-state index in [1.165, 1.54) is 0 Å². The van der Waals surface area contributed by atoms with E-state index in [9.17, 15) is 9.59 Å². The predicted molar refractivity (Wildman–Crippen MR) is 67.2 cm³/mol. The molecule has 0 saturated heterocycles. The van der Waals surface area contributed by atoms with Gasteiger partial charge in [-0.25, -0.2) is 0 Å². The smallest absolute Gasteiger partial charge is 0.229 e. The molecule has 0 aromatic carbocycles. The normalized spacial score (nSPS) is 11.1. The third kappa shape index (κ3) is 3.12. The van der Waals surface area contributed by atoms with Crippen LogP contribution in [0.4, 0.5) is 5.69 Å². The third-order valence-electron chi connectivity index (χ3n) is 2.42. The number of aromatic nitrogens is 1. The molecule has 1 amide bonds. The second kappa shape index (κ2) is 4.65. The Kier molecular flexibility index (Phi) is 3.66. The lowest BCUT2D eigenvalue weighted by Gasteiger charge is -2.19. The van der Waals surface area contributed by atoms with Crippen molar-refractivity contribution in [1.29, 1.82) is 0 Å². The molecule has 1 N–H and O–H groups in total. The number of aryl methyl sites for hydroxylation is 2. The molecule has 0 spiro atoms. The van der Waals surface area contributed by atoms with Crippen LogP contribution in [0.5, 0.6) is 0 Å². The van der Waals surface area contributed by atoms with Crippen LogP contribution in [-0.4, -0.2) is 17.2 Å². The van der Waals surface area contributed by atoms with Gasteiger partial charge in [-0.15, -0.1) is 0 Å². The lowest BCUT2D eigenvalue weighted by Crippen LogP contribution is -2.28. The van der Waals surface area contributed by atoms with Crippen LogP contribution in [0.3, 0.4) is 0 Å². The van der Waals surface area contributed by atoms with E-state index in [0.717, 1.165) is 12.0 Å². The summed E-state index contributed by atoms with van der Waals surface area (Å²) in [7, 11) is 0. The fourth-order valence-electron chi connectivity index (χ4n) is 1.40. The zero-order valence-corrected chi connectivity index (χ0v) is 10.9. The molecule has 1 heterocycles. The lowest BCUT2D eigenvalue weighted by molar-refractivity contribution is -0.123. The first-order valence-corrected chi connectivity index (χ1v) is 5.50. The Labute approximate surface area is 101 Å². The standard InChI is InChI=1S/C13H18N2O2/c1-8-6-11(10(7-16)9(2)14-8)15-12(17)13(3,4)5/h6-7H,1-5H3,(H,14,15,17). The van der Waals surface area contributed by atoms with Crippen LogP contribution in [-0.2, 0) is 4.79 Å². The highest BCUT2D eigenvalue weighted by atomic mass is 16.2. The highest BCUT2D eigenvalue weighted by Gasteiger charge is 2.22. The van der Waals surface area contributed by atoms with Crippen LogP contribution in [0.2, 0.25) is 0 Å². The summed E-state index contributed by atoms with van der Waals surface area (Å²) in [6, 6.07) is 1.71. The molecule has 0 atom stereocenters. The minimum absolute atomic E-state index is 0.120. The molecule has 1 aromatic rings. The third-order valence-corrected chi connectivity index (χ3v) is 2.42. The molecule has 92 valence electrons. The number of carbonyl (C=O) groups is 2. The average molecular weight is 234 g/mol. The Balaban J connectivity index is 3.14. The van der Waals surface area contributed by atoms with E-state index in [2.05, 4.69) is 10.3 Å². The van der Waals surface area contributed by atoms with Crippen molar-refractivity contribution in [2.45, 2.75) is 34.6 Å². The van der Waals surface area contributed by atoms with Crippen LogP contribution in [0.15, 0.2) is 6.07 Å². The van der Waals surface area contributed by atoms with E-state index in [0.29, 0.717) is 16.9 Å². The SMILES string of the molecule is Cc1cc(NC(=O)C(C)(C)C)c(C=O)c(C)n1. The summed E-state index contributed by atoms with van der Waals surface area (Å²) in [6.45, 7) is 9.05. The molecule has 0 aliphatic heterocycles. The molecule has 0 aliphatic rings. The molecule has 0 bridgehead atoms. The maximum Gasteiger partial charge on any atom is 0.229 e. The van der Waals surface area contributed by atoms with E-state index in [1.54, 1.807) is 13.0 Å². The second-order valence-electron chi connectivity index (χ2n) is 5.13. The molecule has 0 radical (unpaired) electrons. The Morgan fingerprint density at radius 1 is 1.35 bits per heavy atom. The van der Waals surface area contributed by atoms with Crippen LogP contribution in [0.25, 0.3) is 0 Å². The summed E-state index contributed by atoms with van der Waals surface area (Å²) in [5, 5.41) is 2.77. The van der Waals surface area contributed by atoms with Crippen molar-refractivity contribution >= 4 is 17.9 Å². The molecule has 0 aliphatic carbocycles. The van der Waals surface area contributed by atoms with Crippen LogP contribution >= 0.6 is 0 Å². The van der Waals surface area contributed by atoms with Crippen molar-refractivity contribution in [2.24, 2.45) is 5.41 Å². The zero-order valence-electron chi connectivity index (χ0n) is 10.9. The number of hydrogen-bond donors (Lipinski definition) is 1. The largest absolute Gasteiger partial charge is 0.325 e. The number of hydrogen-bond acceptors (Lipinski definition) is 3. The van der Waals surface area contributed by atoms with E-state index in [4.69, 9.17) is 0 Å². The Morgan fingerprint density at radius 2 is 1.94 bits per heavy atom. The summed E-state index contributed by atoms with van der Waals surface area (Å²) in [5.41, 5.74) is 1.88. The molecule has 4 nitrogen and oxygen atoms in total. The molecule has 17 heavy (non-hydrogen) atoms. The lowest BCUT2D eigenvalue weighted by atomic mass is 9.95. The Morgan fingerprint density at radius 3 is 2.41 bits per heavy atom. The van der Waals surface area contributed by atoms with Crippen molar-refractivity contribution < 1.29 is 9.59 Å². The number of pyridine rings is 1. The quantitative estimate of drug-likeness (QED) is 0.800. The number of anilines is 1. The Hall–Kier alpha value is -1.71. The first kappa shape index (κ1) is 13.4. The fraction of sp³-hybridized carbons (Fsp3) is 0.462. The summed E-state index contributed by atoms with van der Waals surface area (Å²) in [5.74, 6) is -0.120. The Bertz CT molecular complexity index is 459. The topological polar surface area (TPSA) is 59.1 Å². The van der Waals surface area contributed by atoms with Gasteiger partial charge in [0, 0.05) is 11.1 Å². The maximum atomic E-state index is 11.9. The molecular weight excluding hydrogens is 216 g/mol. The van der Waals surface area contributed by atoms with Crippen molar-refractivity contribution in [3.63, 3.8) is 0 Å². The van der Waals surface area contributed by atoms with E-state index in [1.807, 2.05) is 27.7 Å². The molecule has 0 fully saturated rings. The molecule has 1 rings (SSSR count). The predicted octanol–water partition coefficient (Wildman–Crippen LogP) is 2.50. The highest BCUT2D eigenvalue weighted by Crippen LogP contribution is 2.21. The van der Waals surface area contributed by atoms with Gasteiger partial charge >= 0.3 is 0 Å². The number of nitrogens with zero attached hydrogens (tertiary/aromatic N) is 1. The highest BCUT2D eigenvalue weighted by molar-refractivity contribution is 5.99. The van der Waals surface area contributed by atoms with Gasteiger partial charge in [0.2, 0.25) is 5.91 Å². The van der Waals surface area contributed by atoms with Crippen LogP contribution < -0.4 is 5.32 Å². The first-order valence-electron chi connectivity index (χ1n) is 5.50. The second-order valence-corrected chi connectivity index (χ2v) is 5.13. The van der Waals surface area contributed by atoms with Gasteiger partial charge in [0.1, 0.15) is 0 Å². The van der Waals surface area contributed by atoms with Crippen LogP contribution in [0.1, 0.15) is 42.5 Å². The van der Waals surface area contributed by atoms with Gasteiger partial charge in [0.15, 0.2) is 6.29 Å². The van der Waals surface area contributed by atoms with E-state index < -0.39 is 5.41 Å². The number of amides is 1. The van der Waals surface area contributed by atoms with Crippen LogP contribution in [0, 0.1) is 19.3 Å². The summed E-state index contributed by atoms with van der Waals surface area (Å²) < 4.78 is 0. The molecule has 1 aromatic heterocycles. The van der Waals surface area contributed by atoms with Gasteiger partial charge in [-0.2, -0.15) is 0 Å². The monoisotopic (exact) mass is 234 g/mol. The molecule has 0 unspecified atom stereocenters. The number of nitrogens with one attached hydrogen (secondary N) is 1. The first-order chi connectivity index (χ1) is 7.75. The number of carbonyl (C=O) groups excluding carboxylic acids is 2. The number of rotatable bonds is 2. The fourth-order valence-corrected chi connectivity index (χ4v) is 1.40. The average Bonchev–Trinajstić information content (AvgIpc) is 2.15. The van der Waals surface area contributed by atoms with Crippen molar-refractivity contribution in [1.82, 2.24) is 4.98 Å². The van der Waals surface area contributed by atoms with Gasteiger partial charge in [0.05, 0.1) is 16.9 Å². The summed E-state index contributed by atoms with van der Waals surface area (Å²) >= 11 is 0. The number of aldehydes is 1. The summed E-state index contributed by atoms with van der Waals surface area (Å²) in [6.07, 6.45) is 0.722. The minimum Gasteiger partial charge on any atom is -0.325 e. The van der Waals surface area contributed by atoms with Gasteiger partial charge in [-0.05, 0) is 19.9 Å². The van der Waals surface area contributed by atoms with Crippen molar-refractivity contribution in [2.75, 3.05) is 5.32 Å². The zero-order chi connectivity index (χ0) is 13.2. The van der Waals surface area contributed by atoms with E-state index >= 15 is 0 Å². The molecule has 0 saturated carbocycles. The van der Waals surface area contributed by atoms with Crippen molar-refractivity contribution in [3.8, 4) is 0 Å². The summed E-state index contributed by atoms with van der Waals surface area (Å²) in [4.78, 5) is 27.1. The van der Waals surface area contributed by atoms with Gasteiger partial charge in [0.25, 0.3) is 0 Å². The van der Waals surface area contributed by atoms with Crippen molar-refractivity contribution in [3.05, 3.63) is 23.0 Å². The maximum absolute atomic E-state index is 11.9. The molecular formula is C13H18N2O2. The van der Waals surface area contributed by atoms with Gasteiger partial charge in [-0.3, -0.25) is 14.6 Å². The van der Waals surface area contributed by atoms with Gasteiger partial charge < -0.3 is 5.32 Å². The minimum atomic E-state index is -0.495. The van der Waals surface area contributed by atoms with Gasteiger partial charge in [-0.1, -0.05) is 20.8 Å². The van der Waals surface area contributed by atoms with E-state index in [-0.39, 0.29) is 5.91 Å². The molecule has 4 heteroatoms.